The summed E-state index contributed by atoms with van der Waals surface area (Å²) in [7, 11) is 0. The first-order chi connectivity index (χ1) is 14.5. The minimum Gasteiger partial charge on any atom is -0.276 e. The summed E-state index contributed by atoms with van der Waals surface area (Å²) in [6.07, 6.45) is 4.96. The molecule has 0 saturated heterocycles. The number of anilines is 1. The number of nitriles is 1. The predicted molar refractivity (Wildman–Crippen MR) is 112 cm³/mol. The Labute approximate surface area is 174 Å². The van der Waals surface area contributed by atoms with E-state index in [2.05, 4.69) is 21.1 Å². The Bertz CT molecular complexity index is 1180. The van der Waals surface area contributed by atoms with Crippen LogP contribution in [0.4, 0.5) is 5.95 Å². The Balaban J connectivity index is 1.74. The second kappa shape index (κ2) is 8.11. The van der Waals surface area contributed by atoms with E-state index in [-0.39, 0.29) is 23.2 Å². The number of nitrogens with zero attached hydrogens (tertiary/aromatic N) is 5. The molecule has 1 N–H and O–H groups in total. The molecule has 0 bridgehead atoms. The topological polar surface area (TPSA) is 107 Å². The van der Waals surface area contributed by atoms with Gasteiger partial charge in [0.25, 0.3) is 11.3 Å². The molecule has 0 radical (unpaired) electrons. The third-order valence-corrected chi connectivity index (χ3v) is 5.85. The maximum atomic E-state index is 13.4. The number of hydrogen-bond acceptors (Lipinski definition) is 5. The Hall–Kier alpha value is -3.47. The molecule has 0 spiro atoms. The molecule has 0 aliphatic heterocycles. The van der Waals surface area contributed by atoms with E-state index in [4.69, 9.17) is 5.26 Å². The van der Waals surface area contributed by atoms with Gasteiger partial charge in [0.05, 0.1) is 18.2 Å². The van der Waals surface area contributed by atoms with Crippen LogP contribution in [-0.2, 0) is 11.3 Å². The van der Waals surface area contributed by atoms with Crippen LogP contribution in [0.15, 0.2) is 29.1 Å². The van der Waals surface area contributed by atoms with Gasteiger partial charge in [-0.2, -0.15) is 14.8 Å². The number of nitrogens with one attached hydrogen (secondary N) is 1. The van der Waals surface area contributed by atoms with Crippen molar-refractivity contribution >= 4 is 17.6 Å². The van der Waals surface area contributed by atoms with Gasteiger partial charge in [0, 0.05) is 17.2 Å². The molecule has 8 nitrogen and oxygen atoms in total. The molecule has 1 aromatic carbocycles. The van der Waals surface area contributed by atoms with Gasteiger partial charge in [-0.05, 0) is 44.4 Å². The summed E-state index contributed by atoms with van der Waals surface area (Å²) in [4.78, 5) is 36.5. The number of carbonyl (C=O) groups is 1. The molecular formula is C22H24N6O2. The van der Waals surface area contributed by atoms with Crippen LogP contribution in [0.5, 0.6) is 0 Å². The molecule has 1 fully saturated rings. The van der Waals surface area contributed by atoms with E-state index in [9.17, 15) is 9.59 Å². The van der Waals surface area contributed by atoms with E-state index < -0.39 is 0 Å². The molecule has 2 aromatic heterocycles. The SMILES string of the molecule is Cc1nc2nc(N(Cc3ccc(C#N)cc3)C(=O)C3CCCCC3)[nH]n2c(=O)c1C. The van der Waals surface area contributed by atoms with Crippen molar-refractivity contribution in [2.75, 3.05) is 4.90 Å². The molecule has 1 aliphatic rings. The van der Waals surface area contributed by atoms with E-state index >= 15 is 0 Å². The highest BCUT2D eigenvalue weighted by molar-refractivity contribution is 5.93. The first-order valence-electron chi connectivity index (χ1n) is 10.2. The van der Waals surface area contributed by atoms with E-state index in [1.165, 1.54) is 4.52 Å². The Morgan fingerprint density at radius 3 is 2.57 bits per heavy atom. The minimum atomic E-state index is -0.223. The maximum absolute atomic E-state index is 13.4. The quantitative estimate of drug-likeness (QED) is 0.719. The number of rotatable bonds is 4. The molecule has 154 valence electrons. The Morgan fingerprint density at radius 1 is 1.20 bits per heavy atom. The van der Waals surface area contributed by atoms with Gasteiger partial charge in [0.1, 0.15) is 0 Å². The second-order valence-corrected chi connectivity index (χ2v) is 7.88. The number of H-pyrrole nitrogens is 1. The summed E-state index contributed by atoms with van der Waals surface area (Å²) < 4.78 is 1.29. The zero-order chi connectivity index (χ0) is 21.3. The molecule has 1 amide bonds. The normalized spacial score (nSPS) is 14.6. The molecule has 30 heavy (non-hydrogen) atoms. The third kappa shape index (κ3) is 3.71. The van der Waals surface area contributed by atoms with Crippen molar-refractivity contribution in [1.82, 2.24) is 19.6 Å². The van der Waals surface area contributed by atoms with Crippen LogP contribution in [0.3, 0.4) is 0 Å². The number of amides is 1. The third-order valence-electron chi connectivity index (χ3n) is 5.85. The average Bonchev–Trinajstić information content (AvgIpc) is 3.20. The number of fused-ring (bicyclic) bond motifs is 1. The highest BCUT2D eigenvalue weighted by Crippen LogP contribution is 2.27. The molecule has 0 atom stereocenters. The van der Waals surface area contributed by atoms with Crippen molar-refractivity contribution in [3.8, 4) is 6.07 Å². The van der Waals surface area contributed by atoms with Crippen molar-refractivity contribution in [3.63, 3.8) is 0 Å². The number of benzene rings is 1. The second-order valence-electron chi connectivity index (χ2n) is 7.88. The lowest BCUT2D eigenvalue weighted by Crippen LogP contribution is -2.37. The van der Waals surface area contributed by atoms with Gasteiger partial charge in [0.2, 0.25) is 11.9 Å². The zero-order valence-electron chi connectivity index (χ0n) is 17.2. The summed E-state index contributed by atoms with van der Waals surface area (Å²) in [6, 6.07) is 9.24. The summed E-state index contributed by atoms with van der Waals surface area (Å²) in [5.74, 6) is 0.502. The van der Waals surface area contributed by atoms with Gasteiger partial charge in [-0.25, -0.2) is 4.98 Å². The standard InChI is InChI=1S/C22H24N6O2/c1-14-15(2)24-21-25-22(26-28(21)19(14)29)27(20(30)18-6-4-3-5-7-18)13-17-10-8-16(12-23)9-11-17/h8-11,18H,3-7,13H2,1-2H3,(H,24,25,26). The van der Waals surface area contributed by atoms with Crippen LogP contribution in [0.25, 0.3) is 5.78 Å². The highest BCUT2D eigenvalue weighted by Gasteiger charge is 2.29. The van der Waals surface area contributed by atoms with Crippen LogP contribution in [0, 0.1) is 31.1 Å². The summed E-state index contributed by atoms with van der Waals surface area (Å²) in [5.41, 5.74) is 2.38. The van der Waals surface area contributed by atoms with Crippen LogP contribution in [-0.4, -0.2) is 25.5 Å². The summed E-state index contributed by atoms with van der Waals surface area (Å²) in [6.45, 7) is 3.79. The summed E-state index contributed by atoms with van der Waals surface area (Å²) in [5, 5.41) is 12.0. The predicted octanol–water partition coefficient (Wildman–Crippen LogP) is 3.02. The molecule has 2 heterocycles. The van der Waals surface area contributed by atoms with Gasteiger partial charge in [-0.15, -0.1) is 0 Å². The number of hydrogen-bond donors (Lipinski definition) is 1. The number of aryl methyl sites for hydroxylation is 1. The van der Waals surface area contributed by atoms with Gasteiger partial charge >= 0.3 is 0 Å². The van der Waals surface area contributed by atoms with E-state index in [0.29, 0.717) is 29.3 Å². The van der Waals surface area contributed by atoms with Crippen LogP contribution in [0.1, 0.15) is 54.5 Å². The fraction of sp³-hybridized carbons (Fsp3) is 0.409. The van der Waals surface area contributed by atoms with E-state index in [1.54, 1.807) is 30.9 Å². The van der Waals surface area contributed by atoms with E-state index in [0.717, 1.165) is 37.7 Å². The molecule has 8 heteroatoms. The summed E-state index contributed by atoms with van der Waals surface area (Å²) >= 11 is 0. The fourth-order valence-corrected chi connectivity index (χ4v) is 3.91. The van der Waals surface area contributed by atoms with Gasteiger partial charge in [-0.3, -0.25) is 19.6 Å². The smallest absolute Gasteiger partial charge is 0.276 e. The lowest BCUT2D eigenvalue weighted by Gasteiger charge is -2.27. The van der Waals surface area contributed by atoms with Crippen LogP contribution in [0.2, 0.25) is 0 Å². The van der Waals surface area contributed by atoms with E-state index in [1.807, 2.05) is 12.1 Å². The first kappa shape index (κ1) is 19.8. The van der Waals surface area contributed by atoms with Gasteiger partial charge in [-0.1, -0.05) is 31.4 Å². The molecular weight excluding hydrogens is 380 g/mol. The van der Waals surface area contributed by atoms with Crippen molar-refractivity contribution in [3.05, 3.63) is 57.0 Å². The lowest BCUT2D eigenvalue weighted by atomic mass is 9.88. The molecule has 0 unspecified atom stereocenters. The van der Waals surface area contributed by atoms with Crippen LogP contribution < -0.4 is 10.5 Å². The molecule has 1 saturated carbocycles. The number of aromatic amines is 1. The minimum absolute atomic E-state index is 0.000362. The molecule has 3 aromatic rings. The first-order valence-corrected chi connectivity index (χ1v) is 10.2. The largest absolute Gasteiger partial charge is 0.277 e. The fourth-order valence-electron chi connectivity index (χ4n) is 3.91. The number of carbonyl (C=O) groups excluding carboxylic acids is 1. The maximum Gasteiger partial charge on any atom is 0.277 e. The zero-order valence-corrected chi connectivity index (χ0v) is 17.2. The molecule has 4 rings (SSSR count). The van der Waals surface area contributed by atoms with Crippen molar-refractivity contribution in [2.24, 2.45) is 5.92 Å². The Kier molecular flexibility index (Phi) is 5.36. The van der Waals surface area contributed by atoms with Crippen molar-refractivity contribution in [1.29, 1.82) is 5.26 Å². The number of aromatic nitrogens is 4. The van der Waals surface area contributed by atoms with Crippen LogP contribution >= 0.6 is 0 Å². The highest BCUT2D eigenvalue weighted by atomic mass is 16.2. The Morgan fingerprint density at radius 2 is 1.90 bits per heavy atom. The lowest BCUT2D eigenvalue weighted by molar-refractivity contribution is -0.123. The van der Waals surface area contributed by atoms with Gasteiger partial charge < -0.3 is 0 Å². The van der Waals surface area contributed by atoms with Gasteiger partial charge in [0.15, 0.2) is 0 Å². The van der Waals surface area contributed by atoms with Crippen molar-refractivity contribution in [2.45, 2.75) is 52.5 Å². The monoisotopic (exact) mass is 404 g/mol. The molecule has 1 aliphatic carbocycles. The average molecular weight is 404 g/mol. The van der Waals surface area contributed by atoms with Crippen molar-refractivity contribution < 1.29 is 4.79 Å².